The van der Waals surface area contributed by atoms with E-state index in [4.69, 9.17) is 5.11 Å². The third-order valence-electron chi connectivity index (χ3n) is 3.01. The second kappa shape index (κ2) is 8.52. The third kappa shape index (κ3) is 6.38. The molecule has 6 heteroatoms. The van der Waals surface area contributed by atoms with Crippen LogP contribution in [-0.2, 0) is 4.79 Å². The van der Waals surface area contributed by atoms with Gasteiger partial charge in [0.2, 0.25) is 0 Å². The molecule has 19 heavy (non-hydrogen) atoms. The highest BCUT2D eigenvalue weighted by Crippen LogP contribution is 2.17. The van der Waals surface area contributed by atoms with Gasteiger partial charge >= 0.3 is 5.97 Å². The number of hydrogen-bond acceptors (Lipinski definition) is 3. The molecular weight excluding hydrogens is 377 g/mol. The minimum absolute atomic E-state index is 0.0488. The maximum Gasteiger partial charge on any atom is 0.303 e. The number of carboxylic acids is 1. The second-order valence-corrected chi connectivity index (χ2v) is 7.20. The van der Waals surface area contributed by atoms with Crippen molar-refractivity contribution in [3.8, 4) is 0 Å². The molecule has 0 aliphatic heterocycles. The molecule has 1 aromatic heterocycles. The van der Waals surface area contributed by atoms with Crippen molar-refractivity contribution in [2.45, 2.75) is 32.6 Å². The molecule has 0 saturated carbocycles. The molecule has 1 amide bonds. The number of thiophene rings is 1. The Kier molecular flexibility index (Phi) is 7.37. The predicted molar refractivity (Wildman–Crippen MR) is 84.6 cm³/mol. The number of amides is 1. The first-order valence-electron chi connectivity index (χ1n) is 6.27. The SMILES string of the molecule is CCC(CCNC(=O)c1csc(I)c1)CCC(=O)O. The normalized spacial score (nSPS) is 12.1. The fourth-order valence-corrected chi connectivity index (χ4v) is 3.13. The number of carbonyl (C=O) groups excluding carboxylic acids is 1. The van der Waals surface area contributed by atoms with Gasteiger partial charge in [-0.3, -0.25) is 9.59 Å². The van der Waals surface area contributed by atoms with E-state index in [1.807, 2.05) is 11.4 Å². The standard InChI is InChI=1S/C13H18INO3S/c1-2-9(3-4-12(16)17)5-6-15-13(18)10-7-11(14)19-8-10/h7-9H,2-6H2,1H3,(H,15,18)(H,16,17). The number of nitrogens with one attached hydrogen (secondary N) is 1. The molecule has 4 nitrogen and oxygen atoms in total. The zero-order chi connectivity index (χ0) is 14.3. The number of carbonyl (C=O) groups is 2. The van der Waals surface area contributed by atoms with Gasteiger partial charge in [0.25, 0.3) is 5.91 Å². The van der Waals surface area contributed by atoms with E-state index in [1.54, 1.807) is 11.3 Å². The summed E-state index contributed by atoms with van der Waals surface area (Å²) in [5, 5.41) is 13.4. The first-order chi connectivity index (χ1) is 9.02. The van der Waals surface area contributed by atoms with E-state index >= 15 is 0 Å². The Hall–Kier alpha value is -0.630. The number of halogens is 1. The van der Waals surface area contributed by atoms with E-state index in [0.29, 0.717) is 24.4 Å². The molecule has 0 aliphatic rings. The zero-order valence-electron chi connectivity index (χ0n) is 10.8. The summed E-state index contributed by atoms with van der Waals surface area (Å²) >= 11 is 3.74. The van der Waals surface area contributed by atoms with Crippen LogP contribution < -0.4 is 5.32 Å². The van der Waals surface area contributed by atoms with Crippen LogP contribution in [0.1, 0.15) is 43.0 Å². The molecule has 0 aliphatic carbocycles. The lowest BCUT2D eigenvalue weighted by molar-refractivity contribution is -0.137. The van der Waals surface area contributed by atoms with Crippen molar-refractivity contribution in [2.24, 2.45) is 5.92 Å². The molecule has 1 rings (SSSR count). The van der Waals surface area contributed by atoms with Gasteiger partial charge in [-0.25, -0.2) is 0 Å². The van der Waals surface area contributed by atoms with Crippen LogP contribution in [0.15, 0.2) is 11.4 Å². The maximum absolute atomic E-state index is 11.8. The zero-order valence-corrected chi connectivity index (χ0v) is 13.8. The summed E-state index contributed by atoms with van der Waals surface area (Å²) < 4.78 is 1.09. The van der Waals surface area contributed by atoms with E-state index < -0.39 is 5.97 Å². The maximum atomic E-state index is 11.8. The first-order valence-corrected chi connectivity index (χ1v) is 8.22. The quantitative estimate of drug-likeness (QED) is 0.664. The highest BCUT2D eigenvalue weighted by atomic mass is 127. The van der Waals surface area contributed by atoms with Gasteiger partial charge in [-0.15, -0.1) is 11.3 Å². The van der Waals surface area contributed by atoms with Crippen molar-refractivity contribution in [3.63, 3.8) is 0 Å². The minimum atomic E-state index is -0.754. The van der Waals surface area contributed by atoms with E-state index in [2.05, 4.69) is 34.8 Å². The van der Waals surface area contributed by atoms with Crippen molar-refractivity contribution in [1.82, 2.24) is 5.32 Å². The van der Waals surface area contributed by atoms with Crippen molar-refractivity contribution in [2.75, 3.05) is 6.54 Å². The molecule has 0 fully saturated rings. The number of rotatable bonds is 8. The summed E-state index contributed by atoms with van der Waals surface area (Å²) in [6.07, 6.45) is 2.66. The van der Waals surface area contributed by atoms with Crippen molar-refractivity contribution in [1.29, 1.82) is 0 Å². The molecule has 2 N–H and O–H groups in total. The van der Waals surface area contributed by atoms with Gasteiger partial charge in [0.15, 0.2) is 0 Å². The summed E-state index contributed by atoms with van der Waals surface area (Å²) in [5.41, 5.74) is 0.702. The summed E-state index contributed by atoms with van der Waals surface area (Å²) in [7, 11) is 0. The molecule has 0 aromatic carbocycles. The molecule has 0 radical (unpaired) electrons. The van der Waals surface area contributed by atoms with Crippen LogP contribution in [0.4, 0.5) is 0 Å². The number of carboxylic acid groups (broad SMARTS) is 1. The van der Waals surface area contributed by atoms with Crippen LogP contribution >= 0.6 is 33.9 Å². The van der Waals surface area contributed by atoms with Gasteiger partial charge in [0, 0.05) is 18.3 Å². The Morgan fingerprint density at radius 2 is 2.21 bits per heavy atom. The Labute approximate surface area is 130 Å². The largest absolute Gasteiger partial charge is 0.481 e. The lowest BCUT2D eigenvalue weighted by Crippen LogP contribution is -2.25. The van der Waals surface area contributed by atoms with Gasteiger partial charge < -0.3 is 10.4 Å². The molecule has 1 unspecified atom stereocenters. The summed E-state index contributed by atoms with van der Waals surface area (Å²) in [6.45, 7) is 2.65. The number of hydrogen-bond donors (Lipinski definition) is 2. The molecule has 0 bridgehead atoms. The lowest BCUT2D eigenvalue weighted by Gasteiger charge is -2.13. The Balaban J connectivity index is 2.28. The Bertz CT molecular complexity index is 433. The van der Waals surface area contributed by atoms with E-state index in [0.717, 1.165) is 15.7 Å². The van der Waals surface area contributed by atoms with Gasteiger partial charge in [0.1, 0.15) is 0 Å². The molecule has 0 saturated heterocycles. The van der Waals surface area contributed by atoms with Crippen LogP contribution in [0.5, 0.6) is 0 Å². The third-order valence-corrected chi connectivity index (χ3v) is 4.80. The van der Waals surface area contributed by atoms with Crippen LogP contribution in [0.2, 0.25) is 0 Å². The Morgan fingerprint density at radius 1 is 1.47 bits per heavy atom. The summed E-state index contributed by atoms with van der Waals surface area (Å²) in [4.78, 5) is 22.3. The van der Waals surface area contributed by atoms with Gasteiger partial charge in [-0.05, 0) is 47.4 Å². The summed E-state index contributed by atoms with van der Waals surface area (Å²) in [6, 6.07) is 1.86. The summed E-state index contributed by atoms with van der Waals surface area (Å²) in [5.74, 6) is -0.443. The van der Waals surface area contributed by atoms with Crippen LogP contribution in [0, 0.1) is 8.80 Å². The average Bonchev–Trinajstić information content (AvgIpc) is 2.79. The fraction of sp³-hybridized carbons (Fsp3) is 0.538. The van der Waals surface area contributed by atoms with Crippen molar-refractivity contribution >= 4 is 45.8 Å². The fourth-order valence-electron chi connectivity index (χ4n) is 1.80. The van der Waals surface area contributed by atoms with Gasteiger partial charge in [0.05, 0.1) is 8.45 Å². The molecule has 1 aromatic rings. The molecule has 1 atom stereocenters. The molecule has 1 heterocycles. The van der Waals surface area contributed by atoms with Crippen LogP contribution in [-0.4, -0.2) is 23.5 Å². The van der Waals surface area contributed by atoms with E-state index in [9.17, 15) is 9.59 Å². The Morgan fingerprint density at radius 3 is 2.74 bits per heavy atom. The van der Waals surface area contributed by atoms with Crippen LogP contribution in [0.3, 0.4) is 0 Å². The van der Waals surface area contributed by atoms with Gasteiger partial charge in [-0.1, -0.05) is 13.3 Å². The topological polar surface area (TPSA) is 66.4 Å². The molecule has 0 spiro atoms. The second-order valence-electron chi connectivity index (χ2n) is 4.39. The van der Waals surface area contributed by atoms with Gasteiger partial charge in [-0.2, -0.15) is 0 Å². The highest BCUT2D eigenvalue weighted by molar-refractivity contribution is 14.1. The monoisotopic (exact) mass is 395 g/mol. The van der Waals surface area contributed by atoms with Crippen molar-refractivity contribution in [3.05, 3.63) is 19.9 Å². The lowest BCUT2D eigenvalue weighted by atomic mass is 9.96. The smallest absolute Gasteiger partial charge is 0.303 e. The predicted octanol–water partition coefficient (Wildman–Crippen LogP) is 3.36. The van der Waals surface area contributed by atoms with Crippen molar-refractivity contribution < 1.29 is 14.7 Å². The first kappa shape index (κ1) is 16.4. The number of aliphatic carboxylic acids is 1. The minimum Gasteiger partial charge on any atom is -0.481 e. The molecule has 106 valence electrons. The average molecular weight is 395 g/mol. The van der Waals surface area contributed by atoms with E-state index in [1.165, 1.54) is 0 Å². The molecular formula is C13H18INO3S. The van der Waals surface area contributed by atoms with Crippen LogP contribution in [0.25, 0.3) is 0 Å². The highest BCUT2D eigenvalue weighted by Gasteiger charge is 2.11. The van der Waals surface area contributed by atoms with E-state index in [-0.39, 0.29) is 12.3 Å².